The molecule has 0 bridgehead atoms. The number of carbonyl (C=O) groups is 1. The van der Waals surface area contributed by atoms with Gasteiger partial charge in [-0.2, -0.15) is 0 Å². The van der Waals surface area contributed by atoms with Crippen molar-refractivity contribution >= 4 is 33.4 Å². The van der Waals surface area contributed by atoms with Crippen LogP contribution in [-0.2, 0) is 0 Å². The summed E-state index contributed by atoms with van der Waals surface area (Å²) in [5.41, 5.74) is 4.32. The van der Waals surface area contributed by atoms with Gasteiger partial charge in [-0.1, -0.05) is 36.4 Å². The summed E-state index contributed by atoms with van der Waals surface area (Å²) in [6.45, 7) is 1.93. The summed E-state index contributed by atoms with van der Waals surface area (Å²) in [5, 5.41) is 14.5. The summed E-state index contributed by atoms with van der Waals surface area (Å²) in [5.74, 6) is 0.825. The minimum Gasteiger partial charge on any atom is -0.497 e. The number of methoxy groups -OCH3 is 2. The second-order valence-corrected chi connectivity index (χ2v) is 7.70. The molecule has 7 nitrogen and oxygen atoms in total. The van der Waals surface area contributed by atoms with E-state index in [1.807, 2.05) is 43.3 Å². The molecule has 0 aliphatic heterocycles. The largest absolute Gasteiger partial charge is 0.497 e. The number of benzene rings is 4. The van der Waals surface area contributed by atoms with Gasteiger partial charge in [0.05, 0.1) is 19.9 Å². The molecule has 1 N–H and O–H groups in total. The third-order valence-corrected chi connectivity index (χ3v) is 5.57. The zero-order valence-corrected chi connectivity index (χ0v) is 18.5. The fraction of sp³-hybridized carbons (Fsp3) is 0.115. The van der Waals surface area contributed by atoms with Crippen LogP contribution in [0.3, 0.4) is 0 Å². The topological polar surface area (TPSA) is 78.3 Å². The molecule has 1 amide bonds. The van der Waals surface area contributed by atoms with Gasteiger partial charge in [-0.05, 0) is 48.2 Å². The maximum Gasteiger partial charge on any atom is 0.255 e. The Kier molecular flexibility index (Phi) is 5.14. The lowest BCUT2D eigenvalue weighted by atomic mass is 10.1. The summed E-state index contributed by atoms with van der Waals surface area (Å²) in [7, 11) is 3.10. The molecular formula is C26H22N4O3. The lowest BCUT2D eigenvalue weighted by Gasteiger charge is -2.11. The number of aryl methyl sites for hydroxylation is 1. The lowest BCUT2D eigenvalue weighted by Crippen LogP contribution is -2.13. The Labute approximate surface area is 190 Å². The van der Waals surface area contributed by atoms with Crippen LogP contribution >= 0.6 is 0 Å². The maximum absolute atomic E-state index is 12.9. The zero-order valence-electron chi connectivity index (χ0n) is 18.5. The minimum absolute atomic E-state index is 0.268. The van der Waals surface area contributed by atoms with Crippen molar-refractivity contribution in [1.29, 1.82) is 0 Å². The molecule has 5 aromatic rings. The van der Waals surface area contributed by atoms with Gasteiger partial charge in [-0.25, -0.2) is 0 Å². The van der Waals surface area contributed by atoms with E-state index in [-0.39, 0.29) is 5.91 Å². The predicted molar refractivity (Wildman–Crippen MR) is 129 cm³/mol. The Hall–Kier alpha value is -4.39. The van der Waals surface area contributed by atoms with E-state index in [2.05, 4.69) is 33.7 Å². The standard InChI is InChI=1S/C26H22N4O3/c1-16-11-23-24(29-30(28-23)25-10-6-8-17-7-4-5-9-21(17)25)15-22(16)27-26(31)18-12-19(32-2)14-20(13-18)33-3/h4-15H,1-3H3,(H,27,31). The highest BCUT2D eigenvalue weighted by Crippen LogP contribution is 2.27. The molecular weight excluding hydrogens is 416 g/mol. The molecule has 0 spiro atoms. The van der Waals surface area contributed by atoms with Crippen LogP contribution in [0, 0.1) is 6.92 Å². The Bertz CT molecular complexity index is 1480. The molecule has 0 aliphatic carbocycles. The first-order valence-corrected chi connectivity index (χ1v) is 10.5. The summed E-state index contributed by atoms with van der Waals surface area (Å²) >= 11 is 0. The lowest BCUT2D eigenvalue weighted by molar-refractivity contribution is 0.102. The smallest absolute Gasteiger partial charge is 0.255 e. The molecule has 7 heteroatoms. The molecule has 0 radical (unpaired) electrons. The fourth-order valence-corrected chi connectivity index (χ4v) is 3.83. The highest BCUT2D eigenvalue weighted by Gasteiger charge is 2.14. The SMILES string of the molecule is COc1cc(OC)cc(C(=O)Nc2cc3nn(-c4cccc5ccccc45)nc3cc2C)c1. The third kappa shape index (κ3) is 3.85. The van der Waals surface area contributed by atoms with Crippen molar-refractivity contribution in [1.82, 2.24) is 15.0 Å². The number of nitrogens with zero attached hydrogens (tertiary/aromatic N) is 3. The Morgan fingerprint density at radius 2 is 1.52 bits per heavy atom. The first-order chi connectivity index (χ1) is 16.1. The number of amides is 1. The fourth-order valence-electron chi connectivity index (χ4n) is 3.83. The van der Waals surface area contributed by atoms with Gasteiger partial charge >= 0.3 is 0 Å². The minimum atomic E-state index is -0.268. The van der Waals surface area contributed by atoms with E-state index in [0.717, 1.165) is 27.5 Å². The highest BCUT2D eigenvalue weighted by atomic mass is 16.5. The molecule has 0 fully saturated rings. The van der Waals surface area contributed by atoms with Gasteiger partial charge < -0.3 is 14.8 Å². The average Bonchev–Trinajstić information content (AvgIpc) is 3.25. The highest BCUT2D eigenvalue weighted by molar-refractivity contribution is 6.06. The third-order valence-electron chi connectivity index (χ3n) is 5.57. The first kappa shape index (κ1) is 20.5. The predicted octanol–water partition coefficient (Wildman–Crippen LogP) is 5.15. The van der Waals surface area contributed by atoms with Crippen molar-refractivity contribution in [3.05, 3.63) is 83.9 Å². The van der Waals surface area contributed by atoms with E-state index in [9.17, 15) is 4.79 Å². The normalized spacial score (nSPS) is 11.0. The monoisotopic (exact) mass is 438 g/mol. The molecule has 164 valence electrons. The molecule has 1 aromatic heterocycles. The molecule has 4 aromatic carbocycles. The Balaban J connectivity index is 1.51. The van der Waals surface area contributed by atoms with Gasteiger partial charge in [-0.3, -0.25) is 4.79 Å². The number of anilines is 1. The number of fused-ring (bicyclic) bond motifs is 2. The molecule has 5 rings (SSSR count). The molecule has 33 heavy (non-hydrogen) atoms. The van der Waals surface area contributed by atoms with Crippen LogP contribution in [0.5, 0.6) is 11.5 Å². The van der Waals surface area contributed by atoms with Gasteiger partial charge in [0.25, 0.3) is 5.91 Å². The van der Waals surface area contributed by atoms with Crippen LogP contribution in [0.1, 0.15) is 15.9 Å². The number of carbonyl (C=O) groups excluding carboxylic acids is 1. The summed E-state index contributed by atoms with van der Waals surface area (Å²) in [6.07, 6.45) is 0. The number of ether oxygens (including phenoxy) is 2. The number of rotatable bonds is 5. The van der Waals surface area contributed by atoms with Crippen LogP contribution in [-0.4, -0.2) is 35.1 Å². The van der Waals surface area contributed by atoms with Crippen molar-refractivity contribution in [2.24, 2.45) is 0 Å². The van der Waals surface area contributed by atoms with E-state index < -0.39 is 0 Å². The van der Waals surface area contributed by atoms with Crippen molar-refractivity contribution in [2.75, 3.05) is 19.5 Å². The van der Waals surface area contributed by atoms with Crippen molar-refractivity contribution in [3.63, 3.8) is 0 Å². The van der Waals surface area contributed by atoms with Crippen molar-refractivity contribution in [3.8, 4) is 17.2 Å². The van der Waals surface area contributed by atoms with Crippen LogP contribution in [0.4, 0.5) is 5.69 Å². The van der Waals surface area contributed by atoms with Gasteiger partial charge in [-0.15, -0.1) is 15.0 Å². The van der Waals surface area contributed by atoms with Gasteiger partial charge in [0.2, 0.25) is 0 Å². The number of aromatic nitrogens is 3. The van der Waals surface area contributed by atoms with Gasteiger partial charge in [0.15, 0.2) is 0 Å². The van der Waals surface area contributed by atoms with E-state index in [4.69, 9.17) is 9.47 Å². The molecule has 0 atom stereocenters. The van der Waals surface area contributed by atoms with Crippen LogP contribution in [0.2, 0.25) is 0 Å². The second-order valence-electron chi connectivity index (χ2n) is 7.70. The summed E-state index contributed by atoms with van der Waals surface area (Å²) in [4.78, 5) is 14.6. The van der Waals surface area contributed by atoms with Gasteiger partial charge in [0.1, 0.15) is 22.5 Å². The van der Waals surface area contributed by atoms with Crippen LogP contribution in [0.25, 0.3) is 27.5 Å². The summed E-state index contributed by atoms with van der Waals surface area (Å²) in [6, 6.07) is 23.0. The first-order valence-electron chi connectivity index (χ1n) is 10.5. The number of nitrogens with one attached hydrogen (secondary N) is 1. The zero-order chi connectivity index (χ0) is 22.9. The van der Waals surface area contributed by atoms with E-state index >= 15 is 0 Å². The average molecular weight is 438 g/mol. The summed E-state index contributed by atoms with van der Waals surface area (Å²) < 4.78 is 10.5. The number of hydrogen-bond acceptors (Lipinski definition) is 5. The van der Waals surface area contributed by atoms with Crippen LogP contribution < -0.4 is 14.8 Å². The molecule has 1 heterocycles. The van der Waals surface area contributed by atoms with E-state index in [1.165, 1.54) is 0 Å². The molecule has 0 saturated carbocycles. The van der Waals surface area contributed by atoms with Crippen molar-refractivity contribution < 1.29 is 14.3 Å². The second kappa shape index (κ2) is 8.27. The Morgan fingerprint density at radius 3 is 2.24 bits per heavy atom. The van der Waals surface area contributed by atoms with Crippen molar-refractivity contribution in [2.45, 2.75) is 6.92 Å². The van der Waals surface area contributed by atoms with Gasteiger partial charge in [0, 0.05) is 22.7 Å². The Morgan fingerprint density at radius 1 is 0.848 bits per heavy atom. The quantitative estimate of drug-likeness (QED) is 0.411. The van der Waals surface area contributed by atoms with E-state index in [0.29, 0.717) is 28.3 Å². The molecule has 0 aliphatic rings. The molecule has 0 unspecified atom stereocenters. The van der Waals surface area contributed by atoms with Crippen LogP contribution in [0.15, 0.2) is 72.8 Å². The van der Waals surface area contributed by atoms with E-state index in [1.54, 1.807) is 37.2 Å². The number of hydrogen-bond donors (Lipinski definition) is 1. The molecule has 0 saturated heterocycles. The maximum atomic E-state index is 12.9.